The number of carboxylic acid groups (broad SMARTS) is 2. The third-order valence-corrected chi connectivity index (χ3v) is 25.6. The molecule has 38 nitrogen and oxygen atoms in total. The number of primary amides is 1. The van der Waals surface area contributed by atoms with Crippen LogP contribution in [0.4, 0.5) is 13.2 Å². The molecule has 3 heterocycles. The molecule has 0 aliphatic carbocycles. The molecule has 12 atom stereocenters. The van der Waals surface area contributed by atoms with E-state index in [-0.39, 0.29) is 49.2 Å². The number of hydrogen-bond donors (Lipinski definition) is 16. The van der Waals surface area contributed by atoms with Crippen LogP contribution in [0.25, 0.3) is 21.8 Å². The minimum absolute atomic E-state index is 0.0748. The lowest BCUT2D eigenvalue weighted by Gasteiger charge is -2.37. The Labute approximate surface area is 822 Å². The number of aromatic nitrogens is 2. The Kier molecular flexibility index (Phi) is 40.9. The number of fused-ring (bicyclic) bond motifs is 2. The van der Waals surface area contributed by atoms with Crippen molar-refractivity contribution in [1.82, 2.24) is 82.3 Å². The van der Waals surface area contributed by atoms with Crippen LogP contribution >= 0.6 is 11.8 Å². The summed E-state index contributed by atoms with van der Waals surface area (Å²) in [6, 6.07) is 13.5. The Bertz CT molecular complexity index is 5830. The number of nitrogens with one attached hydrogen (secondary N) is 11. The van der Waals surface area contributed by atoms with Gasteiger partial charge in [0, 0.05) is 114 Å². The quantitative estimate of drug-likeness (QED) is 0.0241. The summed E-state index contributed by atoms with van der Waals surface area (Å²) in [7, 11) is 6.05. The number of hydrogen-bond acceptors (Lipinski definition) is 20. The smallest absolute Gasteiger partial charge is 0.305 e. The first-order chi connectivity index (χ1) is 67.4. The molecule has 8 aromatic rings. The van der Waals surface area contributed by atoms with Gasteiger partial charge in [-0.05, 0) is 126 Å². The number of para-hydroxylation sites is 2. The predicted molar refractivity (Wildman–Crippen MR) is 519 cm³/mol. The van der Waals surface area contributed by atoms with Crippen LogP contribution in [-0.4, -0.2) is 288 Å². The lowest BCUT2D eigenvalue weighted by atomic mass is 9.98. The van der Waals surface area contributed by atoms with Gasteiger partial charge in [0.2, 0.25) is 88.6 Å². The Morgan fingerprint density at radius 3 is 1.51 bits per heavy atom. The zero-order chi connectivity index (χ0) is 104. The molecular formula is C100H124F3N17O21S. The zero-order valence-corrected chi connectivity index (χ0v) is 81.4. The van der Waals surface area contributed by atoms with Gasteiger partial charge in [-0.15, -0.1) is 11.8 Å². The lowest BCUT2D eigenvalue weighted by molar-refractivity contribution is -0.151. The Balaban J connectivity index is 1.16. The molecule has 0 radical (unpaired) electrons. The van der Waals surface area contributed by atoms with Gasteiger partial charge in [-0.3, -0.25) is 81.5 Å². The van der Waals surface area contributed by atoms with Crippen molar-refractivity contribution in [2.45, 2.75) is 203 Å². The largest absolute Gasteiger partial charge is 0.508 e. The summed E-state index contributed by atoms with van der Waals surface area (Å²) in [6.45, 7) is 6.55. The molecule has 142 heavy (non-hydrogen) atoms. The number of thioether (sulfide) groups is 1. The molecule has 0 saturated carbocycles. The van der Waals surface area contributed by atoms with E-state index in [0.29, 0.717) is 86.4 Å². The molecule has 17 N–H and O–H groups in total. The number of nitrogens with zero attached hydrogens (tertiary/aromatic N) is 5. The first-order valence-corrected chi connectivity index (χ1v) is 47.7. The number of phenols is 2. The second-order valence-electron chi connectivity index (χ2n) is 36.2. The summed E-state index contributed by atoms with van der Waals surface area (Å²) in [5, 5.41) is 66.1. The van der Waals surface area contributed by atoms with Crippen molar-refractivity contribution in [3.63, 3.8) is 0 Å². The first kappa shape index (κ1) is 111. The number of likely N-dealkylation sites (N-methyl/N-ethyl adjacent to an activating group) is 5. The highest BCUT2D eigenvalue weighted by Gasteiger charge is 2.44. The number of nitrogens with two attached hydrogens (primary N) is 1. The number of H-pyrrole nitrogens is 2. The summed E-state index contributed by atoms with van der Waals surface area (Å²) in [5.41, 5.74) is 8.34. The van der Waals surface area contributed by atoms with E-state index in [1.54, 1.807) is 105 Å². The Hall–Kier alpha value is -14.9. The average molecular weight is 1990 g/mol. The maximum atomic E-state index is 15.9. The molecule has 0 bridgehead atoms. The number of halogens is 3. The van der Waals surface area contributed by atoms with Crippen LogP contribution in [0, 0.1) is 29.3 Å². The van der Waals surface area contributed by atoms with Crippen molar-refractivity contribution in [3.05, 3.63) is 203 Å². The van der Waals surface area contributed by atoms with Crippen molar-refractivity contribution < 1.29 is 115 Å². The monoisotopic (exact) mass is 1990 g/mol. The number of aryl methyl sites for hydroxylation is 1. The van der Waals surface area contributed by atoms with Gasteiger partial charge < -0.3 is 108 Å². The fourth-order valence-corrected chi connectivity index (χ4v) is 17.6. The van der Waals surface area contributed by atoms with Crippen molar-refractivity contribution in [1.29, 1.82) is 0 Å². The minimum Gasteiger partial charge on any atom is -0.508 e. The van der Waals surface area contributed by atoms with E-state index in [0.717, 1.165) is 31.5 Å². The van der Waals surface area contributed by atoms with E-state index in [1.807, 2.05) is 6.92 Å². The van der Waals surface area contributed by atoms with Crippen molar-refractivity contribution in [2.24, 2.45) is 17.6 Å². The Morgan fingerprint density at radius 2 is 0.951 bits per heavy atom. The van der Waals surface area contributed by atoms with Gasteiger partial charge in [0.25, 0.3) is 0 Å². The number of carbonyl (C=O) groups is 17. The van der Waals surface area contributed by atoms with E-state index in [9.17, 15) is 58.4 Å². The number of aliphatic carboxylic acids is 2. The molecule has 1 saturated heterocycles. The number of phenolic OH excluding ortho intramolecular Hbond substituents is 2. The molecule has 1 aliphatic heterocycles. The molecule has 1 aliphatic rings. The second-order valence-corrected chi connectivity index (χ2v) is 37.2. The maximum absolute atomic E-state index is 15.9. The van der Waals surface area contributed by atoms with Crippen LogP contribution in [0.2, 0.25) is 0 Å². The van der Waals surface area contributed by atoms with E-state index < -0.39 is 278 Å². The van der Waals surface area contributed by atoms with Crippen LogP contribution < -0.4 is 53.6 Å². The highest BCUT2D eigenvalue weighted by molar-refractivity contribution is 8.00. The first-order valence-electron chi connectivity index (χ1n) is 46.5. The van der Waals surface area contributed by atoms with Crippen LogP contribution in [-0.2, 0) is 120 Å². The molecular weight excluding hydrogens is 1860 g/mol. The summed E-state index contributed by atoms with van der Waals surface area (Å²) < 4.78 is 44.6. The van der Waals surface area contributed by atoms with Gasteiger partial charge in [-0.1, -0.05) is 145 Å². The second kappa shape index (κ2) is 52.4. The number of carbonyl (C=O) groups excluding carboxylic acids is 15. The van der Waals surface area contributed by atoms with Gasteiger partial charge in [-0.25, -0.2) is 13.2 Å². The number of carboxylic acids is 2. The molecule has 42 heteroatoms. The summed E-state index contributed by atoms with van der Waals surface area (Å²) in [4.78, 5) is 263. The normalized spacial score (nSPS) is 21.6. The van der Waals surface area contributed by atoms with Gasteiger partial charge in [-0.2, -0.15) is 0 Å². The number of unbranched alkanes of at least 4 members (excludes halogenated alkanes) is 2. The average Bonchev–Trinajstić information content (AvgIpc) is 1.27. The maximum Gasteiger partial charge on any atom is 0.305 e. The van der Waals surface area contributed by atoms with Gasteiger partial charge >= 0.3 is 11.9 Å². The fourth-order valence-electron chi connectivity index (χ4n) is 16.7. The number of aromatic hydroxyl groups is 2. The highest BCUT2D eigenvalue weighted by Crippen LogP contribution is 2.28. The molecule has 2 aromatic heterocycles. The number of amides is 15. The fraction of sp³-hybridized carbons (Fsp3) is 0.430. The van der Waals surface area contributed by atoms with Crippen molar-refractivity contribution >= 4 is 134 Å². The predicted octanol–water partition coefficient (Wildman–Crippen LogP) is 4.24. The molecule has 9 rings (SSSR count). The number of aromatic amines is 2. The highest BCUT2D eigenvalue weighted by atomic mass is 32.2. The van der Waals surface area contributed by atoms with Crippen LogP contribution in [0.15, 0.2) is 152 Å². The van der Waals surface area contributed by atoms with Gasteiger partial charge in [0.1, 0.15) is 84.0 Å². The van der Waals surface area contributed by atoms with E-state index in [1.165, 1.54) is 90.6 Å². The van der Waals surface area contributed by atoms with Crippen LogP contribution in [0.1, 0.15) is 126 Å². The van der Waals surface area contributed by atoms with E-state index in [4.69, 9.17) is 5.73 Å². The zero-order valence-electron chi connectivity index (χ0n) is 80.5. The SMILES string of the molecule is CCCCC[C@H]1C(=O)N(C)CC(=O)N[C@@H](CC(=O)O)C(=O)N[C@@H](C(C)C)C(=O)N(C)[C@@H](Cc2ccccc2)C(=O)N[C@@H](Cc2ccc(O)cc2)C(=O)N(C)[C@H](CCC(=O)O)C(=O)N[C@@H](Cc2c[nH]c3ccccc23)C(=O)N[C@@H](Cc2ccc(O)cc2)C(=O)N[C@@H](CC(C)C)C(=O)N[C@H](C(=O)NCC(N)=O)CSCC(=O)N[C@@H](CCc2cc(F)c(F)c(F)c2)C(=O)N(C)[C@@H](Cc2c[nH]c3ccccc23)C(=O)N1C. The summed E-state index contributed by atoms with van der Waals surface area (Å²) in [5.74, 6) is -26.7. The molecule has 762 valence electrons. The van der Waals surface area contributed by atoms with Crippen LogP contribution in [0.3, 0.4) is 0 Å². The van der Waals surface area contributed by atoms with E-state index >= 15 is 56.7 Å². The van der Waals surface area contributed by atoms with E-state index in [2.05, 4.69) is 57.8 Å². The summed E-state index contributed by atoms with van der Waals surface area (Å²) in [6.07, 6.45) is -1.20. The number of benzene rings is 6. The van der Waals surface area contributed by atoms with Crippen molar-refractivity contribution in [2.75, 3.05) is 59.8 Å². The molecule has 1 fully saturated rings. The standard InChI is InChI=1S/C100H124F3N17O21S/c1-11-12-14-27-79-98(139)116(6)52-83(124)109-75(48-86(128)129)93(134)115-88(56(4)5)100(141)119(9)80(45-57-21-15-13-16-22-57)95(136)113-76(44-59-30-35-64(122)36-31-59)97(138)117(7)78(38-39-85(126)127)94(135)112-74(46-61-49-105-69-25-19-17-23-65(61)69)92(133)111-73(43-58-28-33-63(121)34-29-58)91(132)110-72(40-55(2)3)90(131)114-77(89(130)107-51-82(104)123)53-142-54-84(125)108-71(37-32-60-41-67(101)87(103)68(102)42-60)96(137)120(10)81(99(140)118(79)8)47-62-50-106-70-26-20-18-24-66(62)70/h13,15-26,28-31,33-36,41-42,49-50,55-56,71-81,88,105-106,121-122H,11-12,14,27,32,37-40,43-48,51-54H2,1-10H3,(H2,104,123)(H,107,130)(H,108,125)(H,109,124)(H,110,132)(H,111,133)(H,112,135)(H,113,136)(H,114,131)(H,115,134)(H,126,127)(H,128,129)/t71-,72-,73-,74-,75-,76-,77-,78+,79-,80-,81-,88-/m0/s1. The third-order valence-electron chi connectivity index (χ3n) is 24.6. The third kappa shape index (κ3) is 31.6. The van der Waals surface area contributed by atoms with Gasteiger partial charge in [0.05, 0.1) is 25.3 Å². The topological polar surface area (TPSA) is 553 Å². The Morgan fingerprint density at radius 1 is 0.465 bits per heavy atom. The molecule has 0 spiro atoms. The van der Waals surface area contributed by atoms with Gasteiger partial charge in [0.15, 0.2) is 17.5 Å². The van der Waals surface area contributed by atoms with Crippen molar-refractivity contribution in [3.8, 4) is 11.5 Å². The van der Waals surface area contributed by atoms with Crippen LogP contribution in [0.5, 0.6) is 11.5 Å². The summed E-state index contributed by atoms with van der Waals surface area (Å²) >= 11 is 0.680. The molecule has 0 unspecified atom stereocenters. The lowest BCUT2D eigenvalue weighted by Crippen LogP contribution is -2.62. The molecule has 15 amide bonds. The minimum atomic E-state index is -2.00. The number of rotatable bonds is 28. The molecule has 6 aromatic carbocycles.